The normalized spacial score (nSPS) is 29.5. The van der Waals surface area contributed by atoms with Gasteiger partial charge in [0.1, 0.15) is 0 Å². The predicted molar refractivity (Wildman–Crippen MR) is 49.3 cm³/mol. The minimum absolute atomic E-state index is 0.171. The molecule has 4 heteroatoms. The van der Waals surface area contributed by atoms with Crippen LogP contribution >= 0.6 is 12.9 Å². The highest BCUT2D eigenvalue weighted by Gasteiger charge is 2.25. The molecule has 1 heterocycles. The Labute approximate surface area is 79.0 Å². The first-order valence-corrected chi connectivity index (χ1v) is 4.73. The average Bonchev–Trinajstić information content (AvgIpc) is 2.50. The van der Waals surface area contributed by atoms with Crippen molar-refractivity contribution in [2.24, 2.45) is 0 Å². The van der Waals surface area contributed by atoms with Gasteiger partial charge in [-0.3, -0.25) is 0 Å². The largest absolute Gasteiger partial charge is 0.376 e. The topological polar surface area (TPSA) is 27.7 Å². The van der Waals surface area contributed by atoms with E-state index in [1.807, 2.05) is 0 Å². The highest BCUT2D eigenvalue weighted by Crippen LogP contribution is 2.16. The maximum atomic E-state index is 5.52. The Bertz CT molecular complexity index is 121. The molecule has 0 aliphatic carbocycles. The maximum absolute atomic E-state index is 5.52. The molecule has 3 nitrogen and oxygen atoms in total. The summed E-state index contributed by atoms with van der Waals surface area (Å²) in [6, 6.07) is 0. The van der Waals surface area contributed by atoms with Crippen LogP contribution in [0.3, 0.4) is 0 Å². The van der Waals surface area contributed by atoms with Crippen molar-refractivity contribution in [1.82, 2.24) is 0 Å². The van der Waals surface area contributed by atoms with Crippen LogP contribution in [0, 0.1) is 0 Å². The molecule has 1 rings (SSSR count). The van der Waals surface area contributed by atoms with E-state index in [2.05, 4.69) is 19.8 Å². The lowest BCUT2D eigenvalue weighted by Crippen LogP contribution is -2.15. The standard InChI is InChI=1S/C8H16O3S/c1-2-3-9-7-4-8(6-11-12)10-5-7/h7-8,12H,2-6H2,1H3. The Morgan fingerprint density at radius 2 is 2.42 bits per heavy atom. The quantitative estimate of drug-likeness (QED) is 0.527. The molecule has 0 spiro atoms. The highest BCUT2D eigenvalue weighted by molar-refractivity contribution is 7.75. The molecule has 12 heavy (non-hydrogen) atoms. The molecule has 0 radical (unpaired) electrons. The van der Waals surface area contributed by atoms with Crippen molar-refractivity contribution in [1.29, 1.82) is 0 Å². The predicted octanol–water partition coefficient (Wildman–Crippen LogP) is 1.43. The Kier molecular flexibility index (Phi) is 4.99. The van der Waals surface area contributed by atoms with Crippen LogP contribution in [-0.2, 0) is 13.7 Å². The zero-order chi connectivity index (χ0) is 8.81. The minimum atomic E-state index is 0.171. The first kappa shape index (κ1) is 10.3. The molecule has 0 amide bonds. The lowest BCUT2D eigenvalue weighted by Gasteiger charge is -2.08. The molecule has 1 aliphatic rings. The third-order valence-corrected chi connectivity index (χ3v) is 2.01. The van der Waals surface area contributed by atoms with Gasteiger partial charge in [-0.15, -0.1) is 0 Å². The van der Waals surface area contributed by atoms with E-state index in [-0.39, 0.29) is 12.2 Å². The Morgan fingerprint density at radius 1 is 1.58 bits per heavy atom. The van der Waals surface area contributed by atoms with Crippen molar-refractivity contribution >= 4 is 12.9 Å². The van der Waals surface area contributed by atoms with Gasteiger partial charge in [0.05, 0.1) is 25.4 Å². The van der Waals surface area contributed by atoms with Gasteiger partial charge in [-0.2, -0.15) is 0 Å². The summed E-state index contributed by atoms with van der Waals surface area (Å²) < 4.78 is 15.6. The molecule has 0 saturated carbocycles. The van der Waals surface area contributed by atoms with Gasteiger partial charge in [-0.05, 0) is 19.3 Å². The lowest BCUT2D eigenvalue weighted by atomic mass is 10.2. The van der Waals surface area contributed by atoms with Gasteiger partial charge in [0.2, 0.25) is 0 Å². The number of thiol groups is 1. The summed E-state index contributed by atoms with van der Waals surface area (Å²) in [5.74, 6) is 0. The fraction of sp³-hybridized carbons (Fsp3) is 1.00. The van der Waals surface area contributed by atoms with Crippen molar-refractivity contribution < 1.29 is 13.7 Å². The molecule has 72 valence electrons. The number of hydrogen-bond acceptors (Lipinski definition) is 4. The van der Waals surface area contributed by atoms with Crippen LogP contribution in [0.5, 0.6) is 0 Å². The van der Waals surface area contributed by atoms with E-state index in [4.69, 9.17) is 13.7 Å². The molecule has 0 aromatic rings. The van der Waals surface area contributed by atoms with Crippen LogP contribution in [0.4, 0.5) is 0 Å². The summed E-state index contributed by atoms with van der Waals surface area (Å²) >= 11 is 3.68. The number of ether oxygens (including phenoxy) is 2. The number of hydrogen-bond donors (Lipinski definition) is 1. The third kappa shape index (κ3) is 3.31. The van der Waals surface area contributed by atoms with Crippen LogP contribution < -0.4 is 0 Å². The Balaban J connectivity index is 2.08. The molecule has 0 bridgehead atoms. The molecule has 0 aromatic carbocycles. The van der Waals surface area contributed by atoms with Crippen molar-refractivity contribution in [2.75, 3.05) is 19.8 Å². The first-order valence-electron chi connectivity index (χ1n) is 4.36. The summed E-state index contributed by atoms with van der Waals surface area (Å²) in [4.78, 5) is 0. The molecular formula is C8H16O3S. The van der Waals surface area contributed by atoms with E-state index >= 15 is 0 Å². The molecule has 0 N–H and O–H groups in total. The van der Waals surface area contributed by atoms with Crippen LogP contribution in [0.15, 0.2) is 0 Å². The molecule has 2 unspecified atom stereocenters. The van der Waals surface area contributed by atoms with Crippen LogP contribution in [-0.4, -0.2) is 32.0 Å². The summed E-state index contributed by atoms with van der Waals surface area (Å²) in [5.41, 5.74) is 0. The fourth-order valence-corrected chi connectivity index (χ4v) is 1.44. The minimum Gasteiger partial charge on any atom is -0.376 e. The van der Waals surface area contributed by atoms with Crippen molar-refractivity contribution in [3.8, 4) is 0 Å². The van der Waals surface area contributed by atoms with Crippen molar-refractivity contribution in [3.63, 3.8) is 0 Å². The maximum Gasteiger partial charge on any atom is 0.0873 e. The fourth-order valence-electron chi connectivity index (χ4n) is 1.27. The van der Waals surface area contributed by atoms with Crippen molar-refractivity contribution in [2.45, 2.75) is 32.0 Å². The molecule has 0 aromatic heterocycles. The van der Waals surface area contributed by atoms with Crippen LogP contribution in [0.1, 0.15) is 19.8 Å². The zero-order valence-corrected chi connectivity index (χ0v) is 8.26. The Morgan fingerprint density at radius 3 is 3.08 bits per heavy atom. The third-order valence-electron chi connectivity index (χ3n) is 1.86. The summed E-state index contributed by atoms with van der Waals surface area (Å²) in [6.45, 7) is 4.17. The average molecular weight is 192 g/mol. The molecule has 2 atom stereocenters. The van der Waals surface area contributed by atoms with E-state index in [1.54, 1.807) is 0 Å². The summed E-state index contributed by atoms with van der Waals surface area (Å²) in [6.07, 6.45) is 2.42. The van der Waals surface area contributed by atoms with E-state index < -0.39 is 0 Å². The van der Waals surface area contributed by atoms with Crippen molar-refractivity contribution in [3.05, 3.63) is 0 Å². The molecule has 1 aliphatic heterocycles. The summed E-state index contributed by atoms with van der Waals surface area (Å²) in [5, 5.41) is 0. The zero-order valence-electron chi connectivity index (χ0n) is 7.36. The van der Waals surface area contributed by atoms with Gasteiger partial charge in [-0.25, -0.2) is 0 Å². The van der Waals surface area contributed by atoms with Gasteiger partial charge in [0.15, 0.2) is 0 Å². The monoisotopic (exact) mass is 192 g/mol. The second-order valence-electron chi connectivity index (χ2n) is 2.98. The van der Waals surface area contributed by atoms with Gasteiger partial charge in [0, 0.05) is 13.0 Å². The molecule has 1 fully saturated rings. The lowest BCUT2D eigenvalue weighted by molar-refractivity contribution is 0.0330. The second kappa shape index (κ2) is 5.80. The van der Waals surface area contributed by atoms with Gasteiger partial charge < -0.3 is 13.7 Å². The molecular weight excluding hydrogens is 176 g/mol. The SMILES string of the molecule is CCCOC1COC(COS)C1. The highest BCUT2D eigenvalue weighted by atomic mass is 32.1. The van der Waals surface area contributed by atoms with E-state index in [9.17, 15) is 0 Å². The number of rotatable bonds is 5. The second-order valence-corrected chi connectivity index (χ2v) is 3.24. The van der Waals surface area contributed by atoms with Gasteiger partial charge >= 0.3 is 0 Å². The molecule has 1 saturated heterocycles. The Hall–Kier alpha value is 0.230. The van der Waals surface area contributed by atoms with Gasteiger partial charge in [0.25, 0.3) is 0 Å². The first-order chi connectivity index (χ1) is 5.86. The van der Waals surface area contributed by atoms with Crippen LogP contribution in [0.2, 0.25) is 0 Å². The smallest absolute Gasteiger partial charge is 0.0873 e. The summed E-state index contributed by atoms with van der Waals surface area (Å²) in [7, 11) is 0. The van der Waals surface area contributed by atoms with E-state index in [0.29, 0.717) is 13.2 Å². The van der Waals surface area contributed by atoms with E-state index in [1.165, 1.54) is 0 Å². The van der Waals surface area contributed by atoms with Gasteiger partial charge in [-0.1, -0.05) is 6.92 Å². The van der Waals surface area contributed by atoms with E-state index in [0.717, 1.165) is 19.4 Å². The van der Waals surface area contributed by atoms with Crippen LogP contribution in [0.25, 0.3) is 0 Å².